The van der Waals surface area contributed by atoms with Crippen LogP contribution in [0.3, 0.4) is 0 Å². The maximum atomic E-state index is 12.4. The molecule has 0 saturated heterocycles. The number of hydrogen-bond acceptors (Lipinski definition) is 1. The number of benzene rings is 2. The molecule has 2 aromatic carbocycles. The molecule has 6 heteroatoms. The van der Waals surface area contributed by atoms with Crippen molar-refractivity contribution in [3.8, 4) is 0 Å². The molecule has 4 nitrogen and oxygen atoms in total. The van der Waals surface area contributed by atoms with Gasteiger partial charge in [0.15, 0.2) is 12.1 Å². The number of anilines is 1. The first-order valence-corrected chi connectivity index (χ1v) is 9.07. The van der Waals surface area contributed by atoms with Gasteiger partial charge >= 0.3 is 0 Å². The van der Waals surface area contributed by atoms with Crippen LogP contribution in [-0.2, 0) is 4.79 Å². The summed E-state index contributed by atoms with van der Waals surface area (Å²) in [5.41, 5.74) is 1.88. The summed E-state index contributed by atoms with van der Waals surface area (Å²) in [6, 6.07) is 15.5. The summed E-state index contributed by atoms with van der Waals surface area (Å²) in [5.74, 6) is -0.0705. The molecule has 4 N–H and O–H groups in total. The van der Waals surface area contributed by atoms with Crippen LogP contribution in [0.5, 0.6) is 0 Å². The molecule has 0 unspecified atom stereocenters. The average Bonchev–Trinajstić information content (AvgIpc) is 2.54. The third kappa shape index (κ3) is 6.01. The quantitative estimate of drug-likeness (QED) is 0.672. The highest BCUT2D eigenvalue weighted by molar-refractivity contribution is 6.35. The van der Waals surface area contributed by atoms with Crippen LogP contribution < -0.4 is 15.5 Å². The lowest BCUT2D eigenvalue weighted by atomic mass is 10.1. The number of quaternary nitrogens is 2. The van der Waals surface area contributed by atoms with Gasteiger partial charge in [0.2, 0.25) is 0 Å². The molecule has 0 spiro atoms. The zero-order valence-corrected chi connectivity index (χ0v) is 16.2. The van der Waals surface area contributed by atoms with Crippen LogP contribution in [0.15, 0.2) is 48.5 Å². The molecule has 0 aliphatic carbocycles. The average molecular weight is 382 g/mol. The van der Waals surface area contributed by atoms with Gasteiger partial charge in [-0.3, -0.25) is 4.79 Å². The first-order valence-electron chi connectivity index (χ1n) is 8.32. The highest BCUT2D eigenvalue weighted by atomic mass is 35.5. The van der Waals surface area contributed by atoms with Crippen LogP contribution in [0.4, 0.5) is 5.69 Å². The zero-order chi connectivity index (χ0) is 18.4. The van der Waals surface area contributed by atoms with Crippen molar-refractivity contribution in [2.24, 2.45) is 0 Å². The minimum atomic E-state index is -0.219. The van der Waals surface area contributed by atoms with Crippen molar-refractivity contribution in [3.05, 3.63) is 64.1 Å². The highest BCUT2D eigenvalue weighted by Gasteiger charge is 2.23. The minimum Gasteiger partial charge on any atom is -0.331 e. The molecule has 2 atom stereocenters. The number of nitrogens with one attached hydrogen (secondary N) is 2. The number of nitrogens with two attached hydrogens (primary N) is 1. The summed E-state index contributed by atoms with van der Waals surface area (Å²) in [7, 11) is 4.26. The SMILES string of the molecule is C[C@H]([NH2+]C[C@H](c1ccccc1)[NH+](C)C)C(=O)Nc1cc(Cl)cc(Cl)c1. The molecule has 2 rings (SSSR count). The van der Waals surface area contributed by atoms with E-state index < -0.39 is 0 Å². The van der Waals surface area contributed by atoms with E-state index in [9.17, 15) is 4.79 Å². The second kappa shape index (κ2) is 9.20. The molecule has 1 amide bonds. The number of carbonyl (C=O) groups excluding carboxylic acids is 1. The Balaban J connectivity index is 1.95. The number of carbonyl (C=O) groups is 1. The van der Waals surface area contributed by atoms with E-state index in [0.29, 0.717) is 21.8 Å². The normalized spacial score (nSPS) is 13.5. The van der Waals surface area contributed by atoms with Crippen molar-refractivity contribution >= 4 is 34.8 Å². The number of rotatable bonds is 7. The molecular weight excluding hydrogens is 357 g/mol. The third-order valence-corrected chi connectivity index (χ3v) is 4.60. The Morgan fingerprint density at radius 2 is 1.72 bits per heavy atom. The van der Waals surface area contributed by atoms with Crippen molar-refractivity contribution in [2.45, 2.75) is 19.0 Å². The molecule has 0 fully saturated rings. The lowest BCUT2D eigenvalue weighted by Gasteiger charge is -2.22. The van der Waals surface area contributed by atoms with Gasteiger partial charge in [-0.15, -0.1) is 0 Å². The van der Waals surface area contributed by atoms with Crippen LogP contribution in [0.25, 0.3) is 0 Å². The lowest BCUT2D eigenvalue weighted by molar-refractivity contribution is -0.910. The van der Waals surface area contributed by atoms with Crippen molar-refractivity contribution in [1.29, 1.82) is 0 Å². The van der Waals surface area contributed by atoms with Gasteiger partial charge in [-0.2, -0.15) is 0 Å². The smallest absolute Gasteiger partial charge is 0.282 e. The maximum absolute atomic E-state index is 12.4. The van der Waals surface area contributed by atoms with Crippen molar-refractivity contribution in [3.63, 3.8) is 0 Å². The van der Waals surface area contributed by atoms with Crippen LogP contribution in [0.1, 0.15) is 18.5 Å². The second-order valence-corrected chi connectivity index (χ2v) is 7.32. The predicted molar refractivity (Wildman–Crippen MR) is 103 cm³/mol. The molecule has 2 aromatic rings. The number of hydrogen-bond donors (Lipinski definition) is 3. The summed E-state index contributed by atoms with van der Waals surface area (Å²) in [6.07, 6.45) is 0. The number of halogens is 2. The van der Waals surface area contributed by atoms with Gasteiger partial charge < -0.3 is 15.5 Å². The fraction of sp³-hybridized carbons (Fsp3) is 0.316. The Morgan fingerprint density at radius 3 is 2.28 bits per heavy atom. The molecule has 0 bridgehead atoms. The van der Waals surface area contributed by atoms with E-state index in [1.54, 1.807) is 18.2 Å². The maximum Gasteiger partial charge on any atom is 0.282 e. The molecule has 0 radical (unpaired) electrons. The van der Waals surface area contributed by atoms with Gasteiger partial charge in [0, 0.05) is 21.3 Å². The van der Waals surface area contributed by atoms with Gasteiger partial charge in [-0.1, -0.05) is 53.5 Å². The lowest BCUT2D eigenvalue weighted by Crippen LogP contribution is -3.10. The Kier molecular flexibility index (Phi) is 7.26. The van der Waals surface area contributed by atoms with Gasteiger partial charge in [0.25, 0.3) is 5.91 Å². The third-order valence-electron chi connectivity index (χ3n) is 4.17. The fourth-order valence-corrected chi connectivity index (χ4v) is 3.25. The number of likely N-dealkylation sites (N-methyl/N-ethyl adjacent to an activating group) is 1. The Labute approximate surface area is 159 Å². The van der Waals surface area contributed by atoms with Gasteiger partial charge in [-0.25, -0.2) is 0 Å². The van der Waals surface area contributed by atoms with E-state index in [-0.39, 0.29) is 11.9 Å². The van der Waals surface area contributed by atoms with Crippen molar-refractivity contribution in [1.82, 2.24) is 0 Å². The van der Waals surface area contributed by atoms with Crippen molar-refractivity contribution < 1.29 is 15.0 Å². The van der Waals surface area contributed by atoms with Crippen LogP contribution in [0, 0.1) is 0 Å². The van der Waals surface area contributed by atoms with Gasteiger partial charge in [-0.05, 0) is 25.1 Å². The molecule has 0 aliphatic rings. The summed E-state index contributed by atoms with van der Waals surface area (Å²) >= 11 is 11.9. The van der Waals surface area contributed by atoms with E-state index in [1.807, 2.05) is 25.1 Å². The standard InChI is InChI=1S/C19H23Cl2N3O/c1-13(19(25)23-17-10-15(20)9-16(21)11-17)22-12-18(24(2)3)14-7-5-4-6-8-14/h4-11,13,18,22H,12H2,1-3H3,(H,23,25)/p+2/t13-,18+/m0/s1. The second-order valence-electron chi connectivity index (χ2n) is 6.45. The highest BCUT2D eigenvalue weighted by Crippen LogP contribution is 2.22. The molecular formula is C19H25Cl2N3O+2. The summed E-state index contributed by atoms with van der Waals surface area (Å²) in [6.45, 7) is 2.71. The summed E-state index contributed by atoms with van der Waals surface area (Å²) in [5, 5.41) is 5.93. The largest absolute Gasteiger partial charge is 0.331 e. The minimum absolute atomic E-state index is 0.0705. The van der Waals surface area contributed by atoms with Gasteiger partial charge in [0.05, 0.1) is 14.1 Å². The zero-order valence-electron chi connectivity index (χ0n) is 14.7. The summed E-state index contributed by atoms with van der Waals surface area (Å²) in [4.78, 5) is 13.7. The Bertz CT molecular complexity index is 687. The van der Waals surface area contributed by atoms with E-state index in [2.05, 4.69) is 36.9 Å². The molecule has 25 heavy (non-hydrogen) atoms. The van der Waals surface area contributed by atoms with E-state index in [0.717, 1.165) is 6.54 Å². The van der Waals surface area contributed by atoms with Crippen molar-refractivity contribution in [2.75, 3.05) is 26.0 Å². The summed E-state index contributed by atoms with van der Waals surface area (Å²) < 4.78 is 0. The van der Waals surface area contributed by atoms with Crippen LogP contribution in [0.2, 0.25) is 10.0 Å². The molecule has 0 aromatic heterocycles. The first kappa shape index (κ1) is 19.7. The van der Waals surface area contributed by atoms with Crippen LogP contribution in [-0.4, -0.2) is 32.6 Å². The molecule has 134 valence electrons. The van der Waals surface area contributed by atoms with Gasteiger partial charge in [0.1, 0.15) is 6.54 Å². The first-order chi connectivity index (χ1) is 11.9. The topological polar surface area (TPSA) is 50.2 Å². The monoisotopic (exact) mass is 381 g/mol. The molecule has 0 heterocycles. The Hall–Kier alpha value is -1.59. The molecule has 0 saturated carbocycles. The predicted octanol–water partition coefficient (Wildman–Crippen LogP) is 1.77. The van der Waals surface area contributed by atoms with E-state index in [1.165, 1.54) is 10.5 Å². The fourth-order valence-electron chi connectivity index (χ4n) is 2.72. The number of amides is 1. The Morgan fingerprint density at radius 1 is 1.12 bits per heavy atom. The van der Waals surface area contributed by atoms with E-state index >= 15 is 0 Å². The molecule has 0 aliphatic heterocycles. The van der Waals surface area contributed by atoms with E-state index in [4.69, 9.17) is 23.2 Å². The van der Waals surface area contributed by atoms with Crippen LogP contribution >= 0.6 is 23.2 Å².